The lowest BCUT2D eigenvalue weighted by atomic mass is 9.73. The van der Waals surface area contributed by atoms with E-state index in [0.717, 1.165) is 61.6 Å². The summed E-state index contributed by atoms with van der Waals surface area (Å²) in [6.45, 7) is 11.5. The van der Waals surface area contributed by atoms with Crippen LogP contribution in [-0.4, -0.2) is 139 Å². The fraction of sp³-hybridized carbons (Fsp3) is 0.397. The summed E-state index contributed by atoms with van der Waals surface area (Å²) in [7, 11) is -11.1. The van der Waals surface area contributed by atoms with Crippen molar-refractivity contribution in [2.45, 2.75) is 78.7 Å². The number of amides is 4. The van der Waals surface area contributed by atoms with Crippen LogP contribution in [-0.2, 0) is 31.2 Å². The highest BCUT2D eigenvalue weighted by molar-refractivity contribution is 7.99. The number of imide groups is 1. The zero-order valence-electron chi connectivity index (χ0n) is 45.0. The van der Waals surface area contributed by atoms with Gasteiger partial charge in [-0.25, -0.2) is 30.7 Å². The van der Waals surface area contributed by atoms with Crippen LogP contribution in [0.4, 0.5) is 39.4 Å². The van der Waals surface area contributed by atoms with Crippen molar-refractivity contribution < 1.29 is 48.8 Å². The summed E-state index contributed by atoms with van der Waals surface area (Å²) in [6.07, 6.45) is 3.55. The Kier molecular flexibility index (Phi) is 18.6. The van der Waals surface area contributed by atoms with Gasteiger partial charge in [0, 0.05) is 129 Å². The second-order valence-electron chi connectivity index (χ2n) is 21.7. The van der Waals surface area contributed by atoms with E-state index in [9.17, 15) is 44.4 Å². The van der Waals surface area contributed by atoms with Crippen molar-refractivity contribution in [1.82, 2.24) is 24.7 Å². The molecule has 3 N–H and O–H groups in total. The first kappa shape index (κ1) is 59.6. The lowest BCUT2D eigenvalue weighted by Crippen LogP contribution is -2.49. The zero-order valence-corrected chi connectivity index (χ0v) is 48.2. The number of urea groups is 1. The van der Waals surface area contributed by atoms with E-state index in [1.54, 1.807) is 18.2 Å². The van der Waals surface area contributed by atoms with E-state index < -0.39 is 64.6 Å². The number of piperazine rings is 2. The predicted octanol–water partition coefficient (Wildman–Crippen LogP) is 9.90. The van der Waals surface area contributed by atoms with Gasteiger partial charge in [-0.2, -0.15) is 13.2 Å². The number of allylic oxidation sites excluding steroid dienone is 1. The van der Waals surface area contributed by atoms with Crippen molar-refractivity contribution in [2.75, 3.05) is 92.9 Å². The van der Waals surface area contributed by atoms with Crippen LogP contribution in [0.2, 0.25) is 5.02 Å². The Labute approximate surface area is 480 Å². The summed E-state index contributed by atoms with van der Waals surface area (Å²) in [6, 6.07) is 29.1. The van der Waals surface area contributed by atoms with Gasteiger partial charge in [-0.05, 0) is 127 Å². The van der Waals surface area contributed by atoms with E-state index in [1.165, 1.54) is 57.6 Å². The number of nitrogens with zero attached hydrogens (tertiary/aromatic N) is 5. The Bertz CT molecular complexity index is 3360. The first-order chi connectivity index (χ1) is 38.5. The van der Waals surface area contributed by atoms with Gasteiger partial charge in [0.25, 0.3) is 25.8 Å². The molecule has 0 aromatic heterocycles. The molecule has 3 saturated heterocycles. The summed E-state index contributed by atoms with van der Waals surface area (Å²) in [5.74, 6) is -1.60. The van der Waals surface area contributed by atoms with Crippen LogP contribution in [0.25, 0.3) is 5.57 Å². The number of sulfone groups is 1. The summed E-state index contributed by atoms with van der Waals surface area (Å²) in [4.78, 5) is 46.5. The maximum Gasteiger partial charge on any atom is 0.501 e. The lowest BCUT2D eigenvalue weighted by Gasteiger charge is -2.39. The third-order valence-electron chi connectivity index (χ3n) is 15.3. The van der Waals surface area contributed by atoms with Gasteiger partial charge in [0.2, 0.25) is 5.91 Å². The molecule has 5 aromatic carbocycles. The van der Waals surface area contributed by atoms with Crippen molar-refractivity contribution in [3.8, 4) is 0 Å². The Morgan fingerprint density at radius 2 is 1.42 bits per heavy atom. The van der Waals surface area contributed by atoms with Crippen LogP contribution in [0.15, 0.2) is 136 Å². The Morgan fingerprint density at radius 3 is 2.10 bits per heavy atom. The Balaban J connectivity index is 0.837. The van der Waals surface area contributed by atoms with Crippen molar-refractivity contribution in [3.63, 3.8) is 0 Å². The maximum absolute atomic E-state index is 15.1. The molecular weight excluding hydrogens is 1130 g/mol. The highest BCUT2D eigenvalue weighted by atomic mass is 35.5. The number of carbonyl (C=O) groups is 3. The molecule has 0 saturated carbocycles. The van der Waals surface area contributed by atoms with Crippen LogP contribution < -0.4 is 25.2 Å². The summed E-state index contributed by atoms with van der Waals surface area (Å²) < 4.78 is 115. The van der Waals surface area contributed by atoms with Crippen molar-refractivity contribution in [1.29, 1.82) is 0 Å². The van der Waals surface area contributed by atoms with Gasteiger partial charge in [0.15, 0.2) is 0 Å². The molecule has 15 nitrogen and oxygen atoms in total. The lowest BCUT2D eigenvalue weighted by molar-refractivity contribution is -0.120. The molecule has 0 bridgehead atoms. The van der Waals surface area contributed by atoms with E-state index in [1.807, 2.05) is 47.2 Å². The molecule has 4 aliphatic rings. The van der Waals surface area contributed by atoms with Gasteiger partial charge in [0.05, 0.1) is 10.6 Å². The van der Waals surface area contributed by atoms with E-state index in [-0.39, 0.29) is 42.1 Å². The molecule has 5 aromatic rings. The summed E-state index contributed by atoms with van der Waals surface area (Å²) >= 11 is 7.61. The molecule has 4 amide bonds. The van der Waals surface area contributed by atoms with E-state index in [0.29, 0.717) is 74.6 Å². The number of thioether (sulfide) groups is 1. The largest absolute Gasteiger partial charge is 0.501 e. The monoisotopic (exact) mass is 1190 g/mol. The van der Waals surface area contributed by atoms with E-state index in [2.05, 4.69) is 56.2 Å². The number of anilines is 3. The number of rotatable bonds is 19. The van der Waals surface area contributed by atoms with Crippen molar-refractivity contribution in [2.24, 2.45) is 5.41 Å². The molecule has 0 unspecified atom stereocenters. The molecule has 3 aliphatic heterocycles. The second kappa shape index (κ2) is 25.2. The molecule has 0 spiro atoms. The van der Waals surface area contributed by atoms with Gasteiger partial charge in [-0.15, -0.1) is 11.8 Å². The van der Waals surface area contributed by atoms with Crippen LogP contribution in [0.5, 0.6) is 0 Å². The molecule has 3 heterocycles. The molecule has 432 valence electrons. The van der Waals surface area contributed by atoms with E-state index >= 15 is 4.39 Å². The van der Waals surface area contributed by atoms with Gasteiger partial charge in [0.1, 0.15) is 10.7 Å². The summed E-state index contributed by atoms with van der Waals surface area (Å²) in [5, 5.41) is 5.98. The third-order valence-corrected chi connectivity index (χ3v) is 19.6. The number of benzene rings is 5. The number of sulfonamides is 1. The van der Waals surface area contributed by atoms with Gasteiger partial charge in [-0.3, -0.25) is 29.6 Å². The molecule has 1 aliphatic carbocycles. The van der Waals surface area contributed by atoms with Gasteiger partial charge >= 0.3 is 11.5 Å². The fourth-order valence-electron chi connectivity index (χ4n) is 10.7. The minimum atomic E-state index is -6.15. The van der Waals surface area contributed by atoms with Crippen molar-refractivity contribution in [3.05, 3.63) is 148 Å². The number of hydrogen-bond donors (Lipinski definition) is 3. The average Bonchev–Trinajstić information content (AvgIpc) is 3.54. The third kappa shape index (κ3) is 15.0. The van der Waals surface area contributed by atoms with Gasteiger partial charge in [-0.1, -0.05) is 61.4 Å². The van der Waals surface area contributed by atoms with Gasteiger partial charge < -0.3 is 15.1 Å². The molecule has 0 radical (unpaired) electrons. The maximum atomic E-state index is 15.1. The highest BCUT2D eigenvalue weighted by Crippen LogP contribution is 2.43. The zero-order chi connectivity index (χ0) is 57.7. The van der Waals surface area contributed by atoms with Crippen LogP contribution >= 0.6 is 23.4 Å². The molecule has 3 fully saturated rings. The first-order valence-electron chi connectivity index (χ1n) is 26.9. The first-order valence-corrected chi connectivity index (χ1v) is 31.2. The number of hydrogen-bond acceptors (Lipinski definition) is 13. The fourth-order valence-corrected chi connectivity index (χ4v) is 13.9. The predicted molar refractivity (Wildman–Crippen MR) is 308 cm³/mol. The number of carbonyl (C=O) groups excluding carboxylic acids is 3. The molecule has 23 heteroatoms. The second-order valence-corrected chi connectivity index (χ2v) is 26.8. The highest BCUT2D eigenvalue weighted by Gasteiger charge is 2.48. The number of nitrogens with one attached hydrogen (secondary N) is 3. The minimum absolute atomic E-state index is 0.0341. The normalized spacial score (nSPS) is 18.4. The van der Waals surface area contributed by atoms with Crippen LogP contribution in [0, 0.1) is 11.2 Å². The van der Waals surface area contributed by atoms with Crippen molar-refractivity contribution >= 4 is 83.7 Å². The quantitative estimate of drug-likeness (QED) is 0.0528. The Morgan fingerprint density at radius 1 is 0.765 bits per heavy atom. The molecule has 9 rings (SSSR count). The molecular formula is C58H65ClF4N8O7S3. The molecule has 1 atom stereocenters. The van der Waals surface area contributed by atoms with E-state index in [4.69, 9.17) is 11.6 Å². The summed E-state index contributed by atoms with van der Waals surface area (Å²) in [5.41, 5.74) is -0.434. The number of halogens is 5. The Hall–Kier alpha value is -6.01. The smallest absolute Gasteiger partial charge is 0.380 e. The van der Waals surface area contributed by atoms with Crippen LogP contribution in [0.1, 0.15) is 67.4 Å². The molecule has 81 heavy (non-hydrogen) atoms. The standard InChI is InChI=1S/C58H65ClF4N8O7S3/c1-57(2)23-20-50(40-8-12-44(59)13-9-40)43(36-57)38-69-30-32-70(33-31-69)46-14-10-41(11-15-46)55(73)66-81(77,78)49-17-19-52(53(35-49)80(75,76)58(61,62)63)64-45(39-79-48-6-4-3-5-7-48)21-24-67-26-28-68(29-27-67)37-42-34-47(16-18-51(42)60)71-25-22-54(72)65-56(71)74/h3-19,34-35,45,64H,20-33,36-39H2,1-2H3,(H,66,73)(H,65,72,74)/t45-/m1/s1. The minimum Gasteiger partial charge on any atom is -0.380 e. The average molecular weight is 1190 g/mol. The number of alkyl halides is 3. The van der Waals surface area contributed by atoms with Crippen LogP contribution in [0.3, 0.4) is 0 Å². The topological polar surface area (TPSA) is 172 Å². The SMILES string of the molecule is CC1(C)CCC(c2ccc(Cl)cc2)=C(CN2CCN(c3ccc(C(=O)NS(=O)(=O)c4ccc(N[C@H](CCN5CCN(Cc6cc(N7CCC(=O)NC7=O)ccc6F)CC5)CSc5ccccc5)c(S(=O)(=O)C(F)(F)F)c4)cc3)CC2)C1.